The Morgan fingerprint density at radius 2 is 2.47 bits per heavy atom. The van der Waals surface area contributed by atoms with E-state index in [0.717, 1.165) is 25.0 Å². The lowest BCUT2D eigenvalue weighted by molar-refractivity contribution is -0.131. The van der Waals surface area contributed by atoms with E-state index < -0.39 is 0 Å². The maximum atomic E-state index is 10.9. The number of ether oxygens (including phenoxy) is 2. The van der Waals surface area contributed by atoms with Crippen LogP contribution in [0, 0.1) is 0 Å². The Labute approximate surface area is 101 Å². The summed E-state index contributed by atoms with van der Waals surface area (Å²) in [6.07, 6.45) is 3.56. The monoisotopic (exact) mass is 232 g/mol. The minimum atomic E-state index is -0.304. The Kier molecular flexibility index (Phi) is 3.59. The summed E-state index contributed by atoms with van der Waals surface area (Å²) in [5, 5.41) is 0. The lowest BCUT2D eigenvalue weighted by Gasteiger charge is -2.25. The van der Waals surface area contributed by atoms with Crippen molar-refractivity contribution in [2.24, 2.45) is 0 Å². The van der Waals surface area contributed by atoms with Crippen molar-refractivity contribution in [3.63, 3.8) is 0 Å². The lowest BCUT2D eigenvalue weighted by Crippen LogP contribution is -2.16. The highest BCUT2D eigenvalue weighted by atomic mass is 16.5. The average molecular weight is 232 g/mol. The Morgan fingerprint density at radius 1 is 1.65 bits per heavy atom. The maximum Gasteiger partial charge on any atom is 0.308 e. The smallest absolute Gasteiger partial charge is 0.308 e. The topological polar surface area (TPSA) is 35.5 Å². The highest BCUT2D eigenvalue weighted by molar-refractivity contribution is 5.69. The van der Waals surface area contributed by atoms with Gasteiger partial charge in [0.15, 0.2) is 0 Å². The number of carbonyl (C=O) groups is 1. The SMILES string of the molecule is C=CCC1OCCc2ccc(OC(C)=O)cc21. The van der Waals surface area contributed by atoms with Crippen LogP contribution in [0.15, 0.2) is 30.9 Å². The first-order valence-electron chi connectivity index (χ1n) is 5.74. The standard InChI is InChI=1S/C14H16O3/c1-3-4-14-13-9-12(17-10(2)15)6-5-11(13)7-8-16-14/h3,5-6,9,14H,1,4,7-8H2,2H3. The van der Waals surface area contributed by atoms with Crippen molar-refractivity contribution >= 4 is 5.97 Å². The second-order valence-electron chi connectivity index (χ2n) is 4.09. The molecule has 0 bridgehead atoms. The normalized spacial score (nSPS) is 18.3. The van der Waals surface area contributed by atoms with Crippen LogP contribution in [-0.4, -0.2) is 12.6 Å². The van der Waals surface area contributed by atoms with Crippen LogP contribution >= 0.6 is 0 Å². The van der Waals surface area contributed by atoms with Crippen molar-refractivity contribution in [1.82, 2.24) is 0 Å². The molecular formula is C14H16O3. The summed E-state index contributed by atoms with van der Waals surface area (Å²) in [4.78, 5) is 10.9. The number of hydrogen-bond acceptors (Lipinski definition) is 3. The molecule has 17 heavy (non-hydrogen) atoms. The molecule has 0 saturated carbocycles. The molecule has 0 saturated heterocycles. The number of rotatable bonds is 3. The first kappa shape index (κ1) is 11.9. The molecule has 2 rings (SSSR count). The Bertz CT molecular complexity index is 437. The van der Waals surface area contributed by atoms with Crippen molar-refractivity contribution < 1.29 is 14.3 Å². The molecule has 1 unspecified atom stereocenters. The van der Waals surface area contributed by atoms with Gasteiger partial charge < -0.3 is 9.47 Å². The maximum absolute atomic E-state index is 10.9. The molecule has 0 aliphatic carbocycles. The first-order chi connectivity index (χ1) is 8.20. The van der Waals surface area contributed by atoms with Crippen LogP contribution in [0.5, 0.6) is 5.75 Å². The fourth-order valence-corrected chi connectivity index (χ4v) is 2.08. The van der Waals surface area contributed by atoms with Gasteiger partial charge in [-0.1, -0.05) is 12.1 Å². The van der Waals surface area contributed by atoms with Gasteiger partial charge >= 0.3 is 5.97 Å². The molecule has 0 aromatic heterocycles. The third-order valence-electron chi connectivity index (χ3n) is 2.80. The summed E-state index contributed by atoms with van der Waals surface area (Å²) in [7, 11) is 0. The third kappa shape index (κ3) is 2.74. The van der Waals surface area contributed by atoms with Gasteiger partial charge in [-0.2, -0.15) is 0 Å². The molecule has 3 nitrogen and oxygen atoms in total. The van der Waals surface area contributed by atoms with E-state index in [1.807, 2.05) is 24.3 Å². The zero-order valence-electron chi connectivity index (χ0n) is 9.94. The molecular weight excluding hydrogens is 216 g/mol. The molecule has 0 radical (unpaired) electrons. The lowest BCUT2D eigenvalue weighted by atomic mass is 9.95. The first-order valence-corrected chi connectivity index (χ1v) is 5.74. The number of benzene rings is 1. The van der Waals surface area contributed by atoms with E-state index in [2.05, 4.69) is 6.58 Å². The van der Waals surface area contributed by atoms with E-state index in [0.29, 0.717) is 5.75 Å². The van der Waals surface area contributed by atoms with Crippen LogP contribution in [0.3, 0.4) is 0 Å². The molecule has 90 valence electrons. The van der Waals surface area contributed by atoms with Crippen LogP contribution in [0.4, 0.5) is 0 Å². The van der Waals surface area contributed by atoms with E-state index in [1.54, 1.807) is 0 Å². The Balaban J connectivity index is 2.29. The van der Waals surface area contributed by atoms with Gasteiger partial charge in [-0.25, -0.2) is 0 Å². The number of fused-ring (bicyclic) bond motifs is 1. The molecule has 0 fully saturated rings. The summed E-state index contributed by atoms with van der Waals surface area (Å²) in [6, 6.07) is 5.73. The predicted molar refractivity (Wildman–Crippen MR) is 65.0 cm³/mol. The number of carbonyl (C=O) groups excluding carboxylic acids is 1. The molecule has 0 spiro atoms. The van der Waals surface area contributed by atoms with Gasteiger partial charge in [-0.05, 0) is 36.1 Å². The van der Waals surface area contributed by atoms with Crippen molar-refractivity contribution in [2.75, 3.05) is 6.61 Å². The third-order valence-corrected chi connectivity index (χ3v) is 2.80. The van der Waals surface area contributed by atoms with Gasteiger partial charge in [-0.15, -0.1) is 6.58 Å². The minimum absolute atomic E-state index is 0.0340. The highest BCUT2D eigenvalue weighted by Gasteiger charge is 2.20. The number of esters is 1. The molecule has 0 N–H and O–H groups in total. The molecule has 0 amide bonds. The van der Waals surface area contributed by atoms with Crippen molar-refractivity contribution in [1.29, 1.82) is 0 Å². The summed E-state index contributed by atoms with van der Waals surface area (Å²) in [5.41, 5.74) is 2.37. The molecule has 1 aliphatic rings. The molecule has 3 heteroatoms. The minimum Gasteiger partial charge on any atom is -0.427 e. The van der Waals surface area contributed by atoms with Crippen molar-refractivity contribution in [2.45, 2.75) is 25.9 Å². The van der Waals surface area contributed by atoms with Gasteiger partial charge in [0.1, 0.15) is 5.75 Å². The second-order valence-corrected chi connectivity index (χ2v) is 4.09. The predicted octanol–water partition coefficient (Wildman–Crippen LogP) is 2.80. The number of hydrogen-bond donors (Lipinski definition) is 0. The summed E-state index contributed by atoms with van der Waals surface area (Å²) >= 11 is 0. The van der Waals surface area contributed by atoms with Crippen LogP contribution in [-0.2, 0) is 16.0 Å². The van der Waals surface area contributed by atoms with Crippen LogP contribution < -0.4 is 4.74 Å². The zero-order valence-corrected chi connectivity index (χ0v) is 9.94. The van der Waals surface area contributed by atoms with E-state index in [1.165, 1.54) is 12.5 Å². The van der Waals surface area contributed by atoms with Gasteiger partial charge in [0.05, 0.1) is 12.7 Å². The molecule has 1 heterocycles. The van der Waals surface area contributed by atoms with Crippen molar-refractivity contribution in [3.05, 3.63) is 42.0 Å². The largest absolute Gasteiger partial charge is 0.427 e. The van der Waals surface area contributed by atoms with Gasteiger partial charge in [0, 0.05) is 6.92 Å². The Hall–Kier alpha value is -1.61. The average Bonchev–Trinajstić information content (AvgIpc) is 2.29. The van der Waals surface area contributed by atoms with Crippen molar-refractivity contribution in [3.8, 4) is 5.75 Å². The van der Waals surface area contributed by atoms with E-state index >= 15 is 0 Å². The molecule has 1 aromatic carbocycles. The highest BCUT2D eigenvalue weighted by Crippen LogP contribution is 2.32. The second kappa shape index (κ2) is 5.15. The van der Waals surface area contributed by atoms with Gasteiger partial charge in [-0.3, -0.25) is 4.79 Å². The van der Waals surface area contributed by atoms with Crippen LogP contribution in [0.1, 0.15) is 30.6 Å². The van der Waals surface area contributed by atoms with E-state index in [4.69, 9.17) is 9.47 Å². The zero-order chi connectivity index (χ0) is 12.3. The Morgan fingerprint density at radius 3 is 3.18 bits per heavy atom. The van der Waals surface area contributed by atoms with E-state index in [9.17, 15) is 4.79 Å². The fourth-order valence-electron chi connectivity index (χ4n) is 2.08. The molecule has 1 atom stereocenters. The summed E-state index contributed by atoms with van der Waals surface area (Å²) in [6.45, 7) is 5.87. The fraction of sp³-hybridized carbons (Fsp3) is 0.357. The van der Waals surface area contributed by atoms with Crippen LogP contribution in [0.25, 0.3) is 0 Å². The van der Waals surface area contributed by atoms with E-state index in [-0.39, 0.29) is 12.1 Å². The molecule has 1 aliphatic heterocycles. The summed E-state index contributed by atoms with van der Waals surface area (Å²) < 4.78 is 10.8. The van der Waals surface area contributed by atoms with Gasteiger partial charge in [0.2, 0.25) is 0 Å². The quantitative estimate of drug-likeness (QED) is 0.456. The molecule has 1 aromatic rings. The summed E-state index contributed by atoms with van der Waals surface area (Å²) in [5.74, 6) is 0.276. The van der Waals surface area contributed by atoms with Crippen LogP contribution in [0.2, 0.25) is 0 Å². The van der Waals surface area contributed by atoms with Gasteiger partial charge in [0.25, 0.3) is 0 Å².